The number of carbonyl (C=O) groups is 1. The summed E-state index contributed by atoms with van der Waals surface area (Å²) in [6.45, 7) is 7.39. The highest BCUT2D eigenvalue weighted by atomic mass is 16.5. The number of fused-ring (bicyclic) bond motifs is 1. The predicted molar refractivity (Wildman–Crippen MR) is 112 cm³/mol. The SMILES string of the molecule is COc1ccc(OCC[NH+]2CC[NH+](CC(=O)N3CCc4ccccc43)CC2)cc1. The zero-order chi connectivity index (χ0) is 20.1. The summed E-state index contributed by atoms with van der Waals surface area (Å²) in [4.78, 5) is 17.7. The third-order valence-corrected chi connectivity index (χ3v) is 6.04. The van der Waals surface area contributed by atoms with E-state index < -0.39 is 0 Å². The highest BCUT2D eigenvalue weighted by Crippen LogP contribution is 2.27. The Bertz CT molecular complexity index is 816. The van der Waals surface area contributed by atoms with Crippen molar-refractivity contribution in [1.82, 2.24) is 0 Å². The fourth-order valence-electron chi connectivity index (χ4n) is 4.28. The van der Waals surface area contributed by atoms with Crippen LogP contribution < -0.4 is 24.2 Å². The van der Waals surface area contributed by atoms with E-state index >= 15 is 0 Å². The molecule has 2 aromatic carbocycles. The third kappa shape index (κ3) is 4.89. The molecule has 0 radical (unpaired) electrons. The minimum Gasteiger partial charge on any atom is -0.497 e. The normalized spacial score (nSPS) is 20.9. The quantitative estimate of drug-likeness (QED) is 0.659. The summed E-state index contributed by atoms with van der Waals surface area (Å²) in [6.07, 6.45) is 0.976. The van der Waals surface area contributed by atoms with E-state index in [1.165, 1.54) is 10.5 Å². The molecule has 0 bridgehead atoms. The van der Waals surface area contributed by atoms with Gasteiger partial charge in [-0.2, -0.15) is 0 Å². The number of carbonyl (C=O) groups excluding carboxylic acids is 1. The molecule has 2 aromatic rings. The van der Waals surface area contributed by atoms with Gasteiger partial charge in [-0.1, -0.05) is 18.2 Å². The third-order valence-electron chi connectivity index (χ3n) is 6.04. The van der Waals surface area contributed by atoms with Gasteiger partial charge in [-0.15, -0.1) is 0 Å². The van der Waals surface area contributed by atoms with E-state index in [1.54, 1.807) is 12.0 Å². The van der Waals surface area contributed by atoms with Gasteiger partial charge in [0.2, 0.25) is 0 Å². The number of ether oxygens (including phenoxy) is 2. The molecule has 2 aliphatic rings. The maximum absolute atomic E-state index is 12.8. The van der Waals surface area contributed by atoms with Crippen LogP contribution in [0.4, 0.5) is 5.69 Å². The maximum atomic E-state index is 12.8. The first kappa shape index (κ1) is 19.7. The highest BCUT2D eigenvalue weighted by Gasteiger charge is 2.30. The minimum atomic E-state index is 0.260. The van der Waals surface area contributed by atoms with Crippen LogP contribution in [0.1, 0.15) is 5.56 Å². The van der Waals surface area contributed by atoms with E-state index in [2.05, 4.69) is 18.2 Å². The molecular formula is C23H31N3O3+2. The van der Waals surface area contributed by atoms with Crippen LogP contribution in [0.25, 0.3) is 0 Å². The van der Waals surface area contributed by atoms with Crippen molar-refractivity contribution in [2.45, 2.75) is 6.42 Å². The first-order valence-corrected chi connectivity index (χ1v) is 10.5. The molecule has 0 aliphatic carbocycles. The van der Waals surface area contributed by atoms with Crippen LogP contribution >= 0.6 is 0 Å². The second-order valence-corrected chi connectivity index (χ2v) is 7.87. The van der Waals surface area contributed by atoms with Gasteiger partial charge >= 0.3 is 0 Å². The standard InChI is InChI=1S/C23H29N3O3/c1-28-20-6-8-21(9-7-20)29-17-16-24-12-14-25(15-13-24)18-23(27)26-11-10-19-4-2-3-5-22(19)26/h2-9H,10-18H2,1H3/p+2. The number of quaternary nitrogens is 2. The number of methoxy groups -OCH3 is 1. The first-order chi connectivity index (χ1) is 14.2. The van der Waals surface area contributed by atoms with Gasteiger partial charge in [0.25, 0.3) is 5.91 Å². The predicted octanol–water partition coefficient (Wildman–Crippen LogP) is -0.553. The number of amides is 1. The molecule has 0 unspecified atom stereocenters. The monoisotopic (exact) mass is 397 g/mol. The van der Waals surface area contributed by atoms with E-state index in [9.17, 15) is 4.79 Å². The maximum Gasteiger partial charge on any atom is 0.282 e. The zero-order valence-electron chi connectivity index (χ0n) is 17.2. The molecule has 6 heteroatoms. The summed E-state index contributed by atoms with van der Waals surface area (Å²) in [7, 11) is 1.67. The van der Waals surface area contributed by atoms with E-state index in [1.807, 2.05) is 35.2 Å². The smallest absolute Gasteiger partial charge is 0.282 e. The van der Waals surface area contributed by atoms with Crippen LogP contribution in [-0.2, 0) is 11.2 Å². The molecule has 29 heavy (non-hydrogen) atoms. The Balaban J connectivity index is 1.17. The molecule has 1 saturated heterocycles. The number of hydrogen-bond acceptors (Lipinski definition) is 3. The van der Waals surface area contributed by atoms with Crippen molar-refractivity contribution < 1.29 is 24.1 Å². The summed E-state index contributed by atoms with van der Waals surface area (Å²) < 4.78 is 11.0. The molecule has 1 amide bonds. The number of hydrogen-bond donors (Lipinski definition) is 2. The highest BCUT2D eigenvalue weighted by molar-refractivity contribution is 5.96. The van der Waals surface area contributed by atoms with Gasteiger partial charge in [0.05, 0.1) is 7.11 Å². The fourth-order valence-corrected chi connectivity index (χ4v) is 4.28. The van der Waals surface area contributed by atoms with Crippen molar-refractivity contribution in [3.63, 3.8) is 0 Å². The van der Waals surface area contributed by atoms with Crippen molar-refractivity contribution in [1.29, 1.82) is 0 Å². The lowest BCUT2D eigenvalue weighted by Crippen LogP contribution is -3.28. The van der Waals surface area contributed by atoms with Crippen LogP contribution in [0.15, 0.2) is 48.5 Å². The average Bonchev–Trinajstić information content (AvgIpc) is 3.20. The summed E-state index contributed by atoms with van der Waals surface area (Å²) in [5.41, 5.74) is 2.40. The van der Waals surface area contributed by atoms with Gasteiger partial charge in [-0.25, -0.2) is 0 Å². The van der Waals surface area contributed by atoms with Gasteiger partial charge < -0.3 is 24.2 Å². The number of nitrogens with one attached hydrogen (secondary N) is 2. The van der Waals surface area contributed by atoms with Crippen LogP contribution in [0.2, 0.25) is 0 Å². The van der Waals surface area contributed by atoms with Crippen molar-refractivity contribution in [2.24, 2.45) is 0 Å². The Kier molecular flexibility index (Phi) is 6.32. The number of para-hydroxylation sites is 1. The van der Waals surface area contributed by atoms with Crippen LogP contribution in [0.3, 0.4) is 0 Å². The molecule has 6 nitrogen and oxygen atoms in total. The lowest BCUT2D eigenvalue weighted by Gasteiger charge is -2.30. The average molecular weight is 398 g/mol. The molecule has 0 aromatic heterocycles. The fraction of sp³-hybridized carbons (Fsp3) is 0.435. The van der Waals surface area contributed by atoms with Crippen molar-refractivity contribution in [3.8, 4) is 11.5 Å². The van der Waals surface area contributed by atoms with Crippen LogP contribution in [0.5, 0.6) is 11.5 Å². The number of piperazine rings is 1. The Morgan fingerprint density at radius 1 is 0.966 bits per heavy atom. The van der Waals surface area contributed by atoms with Crippen molar-refractivity contribution >= 4 is 11.6 Å². The topological polar surface area (TPSA) is 47.7 Å². The Morgan fingerprint density at radius 2 is 1.66 bits per heavy atom. The van der Waals surface area contributed by atoms with Crippen LogP contribution in [-0.4, -0.2) is 65.4 Å². The van der Waals surface area contributed by atoms with Crippen molar-refractivity contribution in [2.75, 3.05) is 64.4 Å². The summed E-state index contributed by atoms with van der Waals surface area (Å²) in [5, 5.41) is 0. The van der Waals surface area contributed by atoms with E-state index in [0.717, 1.165) is 62.9 Å². The van der Waals surface area contributed by atoms with Gasteiger partial charge in [-0.3, -0.25) is 4.79 Å². The molecule has 1 fully saturated rings. The van der Waals surface area contributed by atoms with Gasteiger partial charge in [0.15, 0.2) is 6.54 Å². The first-order valence-electron chi connectivity index (χ1n) is 10.5. The number of rotatable bonds is 7. The Hall–Kier alpha value is -2.57. The van der Waals surface area contributed by atoms with Crippen LogP contribution in [0, 0.1) is 0 Å². The Morgan fingerprint density at radius 3 is 2.41 bits per heavy atom. The molecule has 154 valence electrons. The second-order valence-electron chi connectivity index (χ2n) is 7.87. The molecule has 4 rings (SSSR count). The number of anilines is 1. The van der Waals surface area contributed by atoms with Gasteiger partial charge in [-0.05, 0) is 42.3 Å². The van der Waals surface area contributed by atoms with E-state index in [0.29, 0.717) is 13.2 Å². The number of benzene rings is 2. The lowest BCUT2D eigenvalue weighted by molar-refractivity contribution is -1.01. The molecule has 0 atom stereocenters. The largest absolute Gasteiger partial charge is 0.497 e. The van der Waals surface area contributed by atoms with Gasteiger partial charge in [0, 0.05) is 12.2 Å². The molecule has 2 N–H and O–H groups in total. The van der Waals surface area contributed by atoms with Gasteiger partial charge in [0.1, 0.15) is 50.8 Å². The number of nitrogens with zero attached hydrogens (tertiary/aromatic N) is 1. The molecule has 2 heterocycles. The molecular weight excluding hydrogens is 366 g/mol. The summed E-state index contributed by atoms with van der Waals surface area (Å²) >= 11 is 0. The molecule has 0 spiro atoms. The Labute approximate surface area is 172 Å². The van der Waals surface area contributed by atoms with E-state index in [4.69, 9.17) is 9.47 Å². The summed E-state index contributed by atoms with van der Waals surface area (Å²) in [6, 6.07) is 16.0. The lowest BCUT2D eigenvalue weighted by atomic mass is 10.2. The minimum absolute atomic E-state index is 0.260. The molecule has 2 aliphatic heterocycles. The molecule has 0 saturated carbocycles. The van der Waals surface area contributed by atoms with E-state index in [-0.39, 0.29) is 5.91 Å². The zero-order valence-corrected chi connectivity index (χ0v) is 17.2. The second kappa shape index (κ2) is 9.29. The van der Waals surface area contributed by atoms with Crippen molar-refractivity contribution in [3.05, 3.63) is 54.1 Å². The summed E-state index contributed by atoms with van der Waals surface area (Å²) in [5.74, 6) is 1.98.